The standard InChI is InChI=1S/C24H35N5O6/c1-5-12(2)19(28-23(33)20(14(4)30)29-21(31)13(3)25)22(32)27-18(24(34)35)10-15-11-26-17-9-7-6-8-16(15)17/h6-9,11-14,18-20,26,30H,5,10,25H2,1-4H3,(H,27,32)(H,28,33)(H,29,31)(H,34,35). The number of carboxylic acids is 1. The molecular weight excluding hydrogens is 454 g/mol. The van der Waals surface area contributed by atoms with E-state index < -0.39 is 54.0 Å². The Balaban J connectivity index is 2.20. The van der Waals surface area contributed by atoms with Gasteiger partial charge in [0.25, 0.3) is 0 Å². The largest absolute Gasteiger partial charge is 0.480 e. The van der Waals surface area contributed by atoms with Crippen molar-refractivity contribution in [2.75, 3.05) is 0 Å². The van der Waals surface area contributed by atoms with Gasteiger partial charge in [0.2, 0.25) is 17.7 Å². The molecule has 192 valence electrons. The minimum absolute atomic E-state index is 0.0347. The van der Waals surface area contributed by atoms with Crippen LogP contribution in [0.4, 0.5) is 0 Å². The van der Waals surface area contributed by atoms with E-state index in [0.29, 0.717) is 6.42 Å². The molecule has 0 aliphatic heterocycles. The molecule has 35 heavy (non-hydrogen) atoms. The van der Waals surface area contributed by atoms with Crippen molar-refractivity contribution in [2.24, 2.45) is 11.7 Å². The normalized spacial score (nSPS) is 16.4. The lowest BCUT2D eigenvalue weighted by Crippen LogP contribution is -2.60. The molecule has 0 aliphatic carbocycles. The Morgan fingerprint density at radius 1 is 0.971 bits per heavy atom. The number of hydrogen-bond donors (Lipinski definition) is 7. The lowest BCUT2D eigenvalue weighted by atomic mass is 9.96. The number of nitrogens with one attached hydrogen (secondary N) is 4. The highest BCUT2D eigenvalue weighted by atomic mass is 16.4. The van der Waals surface area contributed by atoms with Crippen molar-refractivity contribution in [1.82, 2.24) is 20.9 Å². The number of aliphatic hydroxyl groups is 1. The Morgan fingerprint density at radius 2 is 1.57 bits per heavy atom. The fourth-order valence-electron chi connectivity index (χ4n) is 3.62. The first kappa shape index (κ1) is 27.8. The third-order valence-electron chi connectivity index (χ3n) is 5.98. The number of aromatic amines is 1. The Bertz CT molecular complexity index is 1050. The molecule has 0 fully saturated rings. The molecule has 2 aromatic rings. The number of carboxylic acid groups (broad SMARTS) is 1. The average molecular weight is 490 g/mol. The number of carbonyl (C=O) groups is 4. The topological polar surface area (TPSA) is 187 Å². The summed E-state index contributed by atoms with van der Waals surface area (Å²) in [6.45, 7) is 6.31. The van der Waals surface area contributed by atoms with Gasteiger partial charge in [-0.1, -0.05) is 38.5 Å². The van der Waals surface area contributed by atoms with E-state index in [-0.39, 0.29) is 12.3 Å². The number of hydrogen-bond acceptors (Lipinski definition) is 6. The van der Waals surface area contributed by atoms with Gasteiger partial charge in [0.1, 0.15) is 18.1 Å². The molecule has 11 heteroatoms. The van der Waals surface area contributed by atoms with Crippen molar-refractivity contribution >= 4 is 34.6 Å². The number of rotatable bonds is 12. The molecule has 8 N–H and O–H groups in total. The van der Waals surface area contributed by atoms with Crippen molar-refractivity contribution in [3.05, 3.63) is 36.0 Å². The molecule has 0 saturated carbocycles. The van der Waals surface area contributed by atoms with Crippen molar-refractivity contribution in [2.45, 2.75) is 70.8 Å². The van der Waals surface area contributed by atoms with Crippen molar-refractivity contribution in [1.29, 1.82) is 0 Å². The molecule has 1 aromatic heterocycles. The van der Waals surface area contributed by atoms with Gasteiger partial charge in [-0.15, -0.1) is 0 Å². The van der Waals surface area contributed by atoms with Crippen molar-refractivity contribution in [3.63, 3.8) is 0 Å². The van der Waals surface area contributed by atoms with Crippen LogP contribution in [0.5, 0.6) is 0 Å². The minimum Gasteiger partial charge on any atom is -0.480 e. The van der Waals surface area contributed by atoms with E-state index in [0.717, 1.165) is 16.5 Å². The second kappa shape index (κ2) is 12.3. The maximum atomic E-state index is 13.1. The second-order valence-electron chi connectivity index (χ2n) is 8.85. The zero-order valence-electron chi connectivity index (χ0n) is 20.4. The van der Waals surface area contributed by atoms with Crippen LogP contribution in [0.2, 0.25) is 0 Å². The Morgan fingerprint density at radius 3 is 2.14 bits per heavy atom. The highest BCUT2D eigenvalue weighted by Crippen LogP contribution is 2.19. The molecule has 0 spiro atoms. The lowest BCUT2D eigenvalue weighted by Gasteiger charge is -2.28. The molecule has 6 atom stereocenters. The molecule has 0 saturated heterocycles. The van der Waals surface area contributed by atoms with E-state index in [2.05, 4.69) is 20.9 Å². The summed E-state index contributed by atoms with van der Waals surface area (Å²) in [5.41, 5.74) is 7.10. The quantitative estimate of drug-likeness (QED) is 0.219. The van der Waals surface area contributed by atoms with Gasteiger partial charge >= 0.3 is 5.97 Å². The highest BCUT2D eigenvalue weighted by Gasteiger charge is 2.34. The van der Waals surface area contributed by atoms with E-state index in [1.807, 2.05) is 31.2 Å². The van der Waals surface area contributed by atoms with E-state index in [1.54, 1.807) is 13.1 Å². The third-order valence-corrected chi connectivity index (χ3v) is 5.98. The molecular formula is C24H35N5O6. The summed E-state index contributed by atoms with van der Waals surface area (Å²) in [5.74, 6) is -3.68. The number of fused-ring (bicyclic) bond motifs is 1. The molecule has 0 bridgehead atoms. The summed E-state index contributed by atoms with van der Waals surface area (Å²) < 4.78 is 0. The number of carbonyl (C=O) groups excluding carboxylic acids is 3. The minimum atomic E-state index is -1.34. The molecule has 6 unspecified atom stereocenters. The van der Waals surface area contributed by atoms with E-state index >= 15 is 0 Å². The van der Waals surface area contributed by atoms with E-state index in [1.165, 1.54) is 13.8 Å². The van der Waals surface area contributed by atoms with Gasteiger partial charge in [0.05, 0.1) is 12.1 Å². The van der Waals surface area contributed by atoms with Crippen LogP contribution in [0.3, 0.4) is 0 Å². The third kappa shape index (κ3) is 7.27. The van der Waals surface area contributed by atoms with Crippen LogP contribution in [-0.4, -0.2) is 69.2 Å². The molecule has 0 aliphatic rings. The predicted molar refractivity (Wildman–Crippen MR) is 130 cm³/mol. The monoisotopic (exact) mass is 489 g/mol. The predicted octanol–water partition coefficient (Wildman–Crippen LogP) is 0.0235. The zero-order chi connectivity index (χ0) is 26.3. The van der Waals surface area contributed by atoms with Crippen LogP contribution >= 0.6 is 0 Å². The number of H-pyrrole nitrogens is 1. The van der Waals surface area contributed by atoms with E-state index in [9.17, 15) is 29.4 Å². The van der Waals surface area contributed by atoms with Gasteiger partial charge in [-0.2, -0.15) is 0 Å². The number of nitrogens with two attached hydrogens (primary N) is 1. The summed E-state index contributed by atoms with van der Waals surface area (Å²) in [5, 5.41) is 28.1. The number of para-hydroxylation sites is 1. The van der Waals surface area contributed by atoms with Crippen LogP contribution in [0.15, 0.2) is 30.5 Å². The SMILES string of the molecule is CCC(C)C(NC(=O)C(NC(=O)C(C)N)C(C)O)C(=O)NC(Cc1c[nH]c2ccccc12)C(=O)O. The molecule has 1 heterocycles. The molecule has 2 rings (SSSR count). The fourth-order valence-corrected chi connectivity index (χ4v) is 3.62. The Labute approximate surface area is 203 Å². The smallest absolute Gasteiger partial charge is 0.326 e. The van der Waals surface area contributed by atoms with Gasteiger partial charge < -0.3 is 36.9 Å². The molecule has 3 amide bonds. The van der Waals surface area contributed by atoms with Crippen LogP contribution < -0.4 is 21.7 Å². The maximum Gasteiger partial charge on any atom is 0.326 e. The van der Waals surface area contributed by atoms with Crippen molar-refractivity contribution < 1.29 is 29.4 Å². The maximum absolute atomic E-state index is 13.1. The van der Waals surface area contributed by atoms with Gasteiger partial charge in [-0.05, 0) is 31.4 Å². The second-order valence-corrected chi connectivity index (χ2v) is 8.85. The van der Waals surface area contributed by atoms with Crippen LogP contribution in [0, 0.1) is 5.92 Å². The summed E-state index contributed by atoms with van der Waals surface area (Å²) >= 11 is 0. The first-order chi connectivity index (χ1) is 16.5. The zero-order valence-corrected chi connectivity index (χ0v) is 20.4. The Kier molecular flexibility index (Phi) is 9.78. The van der Waals surface area contributed by atoms with Crippen LogP contribution in [0.25, 0.3) is 10.9 Å². The van der Waals surface area contributed by atoms with Gasteiger partial charge in [0, 0.05) is 23.5 Å². The van der Waals surface area contributed by atoms with Crippen LogP contribution in [0.1, 0.15) is 39.7 Å². The molecule has 11 nitrogen and oxygen atoms in total. The first-order valence-electron chi connectivity index (χ1n) is 11.6. The van der Waals surface area contributed by atoms with Gasteiger partial charge in [0.15, 0.2) is 0 Å². The molecule has 0 radical (unpaired) electrons. The number of amides is 3. The Hall–Kier alpha value is -3.44. The van der Waals surface area contributed by atoms with Crippen molar-refractivity contribution in [3.8, 4) is 0 Å². The number of aromatic nitrogens is 1. The summed E-state index contributed by atoms with van der Waals surface area (Å²) in [7, 11) is 0. The number of aliphatic hydroxyl groups excluding tert-OH is 1. The number of aliphatic carboxylic acids is 1. The van der Waals surface area contributed by atoms with Crippen LogP contribution in [-0.2, 0) is 25.6 Å². The average Bonchev–Trinajstić information content (AvgIpc) is 3.21. The first-order valence-corrected chi connectivity index (χ1v) is 11.6. The fraction of sp³-hybridized carbons (Fsp3) is 0.500. The highest BCUT2D eigenvalue weighted by molar-refractivity contribution is 5.94. The van der Waals surface area contributed by atoms with Gasteiger partial charge in [-0.25, -0.2) is 4.79 Å². The van der Waals surface area contributed by atoms with Gasteiger partial charge in [-0.3, -0.25) is 14.4 Å². The van der Waals surface area contributed by atoms with E-state index in [4.69, 9.17) is 5.73 Å². The summed E-state index contributed by atoms with van der Waals surface area (Å²) in [4.78, 5) is 53.0. The molecule has 1 aromatic carbocycles. The lowest BCUT2D eigenvalue weighted by molar-refractivity contribution is -0.142. The summed E-state index contributed by atoms with van der Waals surface area (Å²) in [6.07, 6.45) is 0.985. The number of benzene rings is 1. The summed E-state index contributed by atoms with van der Waals surface area (Å²) in [6, 6.07) is 2.84.